The molecule has 110 valence electrons. The summed E-state index contributed by atoms with van der Waals surface area (Å²) < 4.78 is 4.88. The minimum atomic E-state index is -0.511. The second-order valence-corrected chi connectivity index (χ2v) is 4.26. The van der Waals surface area contributed by atoms with Crippen molar-refractivity contribution in [2.24, 2.45) is 0 Å². The molecular formula is C13H19N3O4. The van der Waals surface area contributed by atoms with Crippen molar-refractivity contribution >= 4 is 11.6 Å². The third-order valence-corrected chi connectivity index (χ3v) is 2.75. The Morgan fingerprint density at radius 1 is 1.35 bits per heavy atom. The molecule has 0 atom stereocenters. The van der Waals surface area contributed by atoms with Crippen molar-refractivity contribution in [3.63, 3.8) is 0 Å². The molecule has 0 saturated heterocycles. The molecule has 0 heterocycles. The first-order chi connectivity index (χ1) is 9.56. The Morgan fingerprint density at radius 3 is 2.75 bits per heavy atom. The molecule has 0 radical (unpaired) electrons. The second kappa shape index (κ2) is 8.23. The van der Waals surface area contributed by atoms with Crippen LogP contribution in [0.4, 0.5) is 5.69 Å². The minimum Gasteiger partial charge on any atom is -0.383 e. The Hall–Kier alpha value is -1.99. The van der Waals surface area contributed by atoms with Crippen molar-refractivity contribution in [1.82, 2.24) is 10.6 Å². The number of non-ortho nitro benzene ring substituents is 1. The van der Waals surface area contributed by atoms with Crippen LogP contribution in [-0.4, -0.2) is 44.2 Å². The van der Waals surface area contributed by atoms with Gasteiger partial charge in [0.2, 0.25) is 0 Å². The van der Waals surface area contributed by atoms with Gasteiger partial charge in [0.15, 0.2) is 0 Å². The summed E-state index contributed by atoms with van der Waals surface area (Å²) in [5.74, 6) is -0.306. The van der Waals surface area contributed by atoms with Crippen molar-refractivity contribution < 1.29 is 14.5 Å². The first-order valence-electron chi connectivity index (χ1n) is 6.29. The number of methoxy groups -OCH3 is 1. The lowest BCUT2D eigenvalue weighted by molar-refractivity contribution is -0.384. The predicted octanol–water partition coefficient (Wildman–Crippen LogP) is 0.869. The summed E-state index contributed by atoms with van der Waals surface area (Å²) in [4.78, 5) is 22.1. The van der Waals surface area contributed by atoms with E-state index in [2.05, 4.69) is 10.6 Å². The van der Waals surface area contributed by atoms with Gasteiger partial charge in [-0.05, 0) is 12.5 Å². The number of amides is 1. The van der Waals surface area contributed by atoms with Crippen LogP contribution in [0.3, 0.4) is 0 Å². The first-order valence-corrected chi connectivity index (χ1v) is 6.29. The number of rotatable bonds is 8. The Labute approximate surface area is 117 Å². The molecule has 7 heteroatoms. The molecule has 0 saturated carbocycles. The fourth-order valence-corrected chi connectivity index (χ4v) is 1.63. The van der Waals surface area contributed by atoms with Crippen LogP contribution in [0, 0.1) is 17.0 Å². The molecule has 0 aliphatic heterocycles. The van der Waals surface area contributed by atoms with Crippen molar-refractivity contribution in [3.8, 4) is 0 Å². The number of aryl methyl sites for hydroxylation is 1. The van der Waals surface area contributed by atoms with Crippen LogP contribution in [-0.2, 0) is 4.74 Å². The smallest absolute Gasteiger partial charge is 0.270 e. The van der Waals surface area contributed by atoms with Crippen molar-refractivity contribution in [1.29, 1.82) is 0 Å². The van der Waals surface area contributed by atoms with E-state index in [4.69, 9.17) is 4.74 Å². The summed E-state index contributed by atoms with van der Waals surface area (Å²) in [7, 11) is 1.62. The van der Waals surface area contributed by atoms with Crippen LogP contribution in [0.1, 0.15) is 15.9 Å². The minimum absolute atomic E-state index is 0.0843. The molecule has 20 heavy (non-hydrogen) atoms. The molecular weight excluding hydrogens is 262 g/mol. The van der Waals surface area contributed by atoms with Gasteiger partial charge in [0.05, 0.1) is 11.5 Å². The maximum Gasteiger partial charge on any atom is 0.270 e. The number of carbonyl (C=O) groups is 1. The van der Waals surface area contributed by atoms with Gasteiger partial charge in [-0.2, -0.15) is 0 Å². The summed E-state index contributed by atoms with van der Waals surface area (Å²) in [5, 5.41) is 16.5. The zero-order valence-electron chi connectivity index (χ0n) is 11.6. The lowest BCUT2D eigenvalue weighted by Crippen LogP contribution is -2.33. The van der Waals surface area contributed by atoms with E-state index >= 15 is 0 Å². The number of hydrogen-bond donors (Lipinski definition) is 2. The topological polar surface area (TPSA) is 93.5 Å². The quantitative estimate of drug-likeness (QED) is 0.419. The Kier molecular flexibility index (Phi) is 6.61. The van der Waals surface area contributed by atoms with Gasteiger partial charge in [-0.25, -0.2) is 0 Å². The molecule has 0 spiro atoms. The standard InChI is InChI=1S/C13H19N3O4/c1-10-3-4-11(16(18)19)9-12(10)13(17)15-6-5-14-7-8-20-2/h3-4,9,14H,5-8H2,1-2H3,(H,15,17). The van der Waals surface area contributed by atoms with Crippen LogP contribution < -0.4 is 10.6 Å². The molecule has 7 nitrogen and oxygen atoms in total. The normalized spacial score (nSPS) is 10.3. The van der Waals surface area contributed by atoms with Gasteiger partial charge >= 0.3 is 0 Å². The number of benzene rings is 1. The molecule has 0 aliphatic carbocycles. The number of hydrogen-bond acceptors (Lipinski definition) is 5. The van der Waals surface area contributed by atoms with E-state index in [1.54, 1.807) is 20.1 Å². The first kappa shape index (κ1) is 16.1. The van der Waals surface area contributed by atoms with E-state index in [0.29, 0.717) is 37.4 Å². The lowest BCUT2D eigenvalue weighted by Gasteiger charge is -2.08. The average molecular weight is 281 g/mol. The van der Waals surface area contributed by atoms with Crippen LogP contribution in [0.5, 0.6) is 0 Å². The summed E-state index contributed by atoms with van der Waals surface area (Å²) in [6.07, 6.45) is 0. The number of nitro benzene ring substituents is 1. The Balaban J connectivity index is 2.50. The molecule has 0 aromatic heterocycles. The zero-order valence-corrected chi connectivity index (χ0v) is 11.6. The predicted molar refractivity (Wildman–Crippen MR) is 74.9 cm³/mol. The van der Waals surface area contributed by atoms with E-state index < -0.39 is 4.92 Å². The highest BCUT2D eigenvalue weighted by Gasteiger charge is 2.13. The van der Waals surface area contributed by atoms with E-state index in [0.717, 1.165) is 0 Å². The molecule has 0 unspecified atom stereocenters. The third kappa shape index (κ3) is 4.94. The highest BCUT2D eigenvalue weighted by Crippen LogP contribution is 2.17. The van der Waals surface area contributed by atoms with E-state index in [9.17, 15) is 14.9 Å². The zero-order chi connectivity index (χ0) is 15.0. The summed E-state index contributed by atoms with van der Waals surface area (Å²) in [6, 6.07) is 4.26. The van der Waals surface area contributed by atoms with Gasteiger partial charge in [-0.3, -0.25) is 14.9 Å². The van der Waals surface area contributed by atoms with Crippen LogP contribution in [0.25, 0.3) is 0 Å². The highest BCUT2D eigenvalue weighted by molar-refractivity contribution is 5.96. The summed E-state index contributed by atoms with van der Waals surface area (Å²) >= 11 is 0. The van der Waals surface area contributed by atoms with Crippen molar-refractivity contribution in [2.75, 3.05) is 33.4 Å². The lowest BCUT2D eigenvalue weighted by atomic mass is 10.1. The molecule has 1 aromatic carbocycles. The van der Waals surface area contributed by atoms with Gasteiger partial charge in [0, 0.05) is 44.4 Å². The fourth-order valence-electron chi connectivity index (χ4n) is 1.63. The van der Waals surface area contributed by atoms with E-state index in [1.807, 2.05) is 0 Å². The number of nitro groups is 1. The Morgan fingerprint density at radius 2 is 2.10 bits per heavy atom. The summed E-state index contributed by atoms with van der Waals surface area (Å²) in [6.45, 7) is 4.13. The van der Waals surface area contributed by atoms with Crippen molar-refractivity contribution in [3.05, 3.63) is 39.4 Å². The van der Waals surface area contributed by atoms with Gasteiger partial charge < -0.3 is 15.4 Å². The SMILES string of the molecule is COCCNCCNC(=O)c1cc([N+](=O)[O-])ccc1C. The molecule has 0 aliphatic rings. The van der Waals surface area contributed by atoms with E-state index in [-0.39, 0.29) is 11.6 Å². The van der Waals surface area contributed by atoms with E-state index in [1.165, 1.54) is 12.1 Å². The largest absolute Gasteiger partial charge is 0.383 e. The van der Waals surface area contributed by atoms with Gasteiger partial charge in [-0.1, -0.05) is 6.07 Å². The maximum absolute atomic E-state index is 11.9. The number of nitrogens with one attached hydrogen (secondary N) is 2. The monoisotopic (exact) mass is 281 g/mol. The van der Waals surface area contributed by atoms with Gasteiger partial charge in [0.25, 0.3) is 11.6 Å². The second-order valence-electron chi connectivity index (χ2n) is 4.26. The highest BCUT2D eigenvalue weighted by atomic mass is 16.6. The van der Waals surface area contributed by atoms with Gasteiger partial charge in [-0.15, -0.1) is 0 Å². The van der Waals surface area contributed by atoms with Crippen LogP contribution in [0.15, 0.2) is 18.2 Å². The molecule has 1 amide bonds. The molecule has 2 N–H and O–H groups in total. The van der Waals surface area contributed by atoms with Crippen LogP contribution >= 0.6 is 0 Å². The molecule has 1 rings (SSSR count). The third-order valence-electron chi connectivity index (χ3n) is 2.75. The van der Waals surface area contributed by atoms with Gasteiger partial charge in [0.1, 0.15) is 0 Å². The molecule has 0 bridgehead atoms. The summed E-state index contributed by atoms with van der Waals surface area (Å²) in [5.41, 5.74) is 0.954. The molecule has 0 fully saturated rings. The maximum atomic E-state index is 11.9. The average Bonchev–Trinajstić information content (AvgIpc) is 2.42. The Bertz CT molecular complexity index is 477. The molecule has 1 aromatic rings. The number of nitrogens with zero attached hydrogens (tertiary/aromatic N) is 1. The number of ether oxygens (including phenoxy) is 1. The number of carbonyl (C=O) groups excluding carboxylic acids is 1. The van der Waals surface area contributed by atoms with Crippen LogP contribution in [0.2, 0.25) is 0 Å². The van der Waals surface area contributed by atoms with Crippen molar-refractivity contribution in [2.45, 2.75) is 6.92 Å². The fraction of sp³-hybridized carbons (Fsp3) is 0.462.